The molecular weight excluding hydrogens is 622 g/mol. The quantitative estimate of drug-likeness (QED) is 0.230. The van der Waals surface area contributed by atoms with Crippen molar-refractivity contribution in [2.24, 2.45) is 0 Å². The molecule has 0 radical (unpaired) electrons. The van der Waals surface area contributed by atoms with E-state index in [1.54, 1.807) is 11.1 Å². The van der Waals surface area contributed by atoms with E-state index >= 15 is 0 Å². The van der Waals surface area contributed by atoms with Gasteiger partial charge in [0.25, 0.3) is 0 Å². The van der Waals surface area contributed by atoms with Gasteiger partial charge in [0.1, 0.15) is 22.9 Å². The lowest BCUT2D eigenvalue weighted by Crippen LogP contribution is -2.50. The van der Waals surface area contributed by atoms with Gasteiger partial charge in [-0.15, -0.1) is 0 Å². The van der Waals surface area contributed by atoms with Gasteiger partial charge in [-0.25, -0.2) is 19.7 Å². The molecule has 49 heavy (non-hydrogen) atoms. The van der Waals surface area contributed by atoms with Gasteiger partial charge in [0, 0.05) is 67.4 Å². The van der Waals surface area contributed by atoms with Crippen molar-refractivity contribution in [3.63, 3.8) is 0 Å². The van der Waals surface area contributed by atoms with Gasteiger partial charge in [-0.2, -0.15) is 4.98 Å². The highest BCUT2D eigenvalue weighted by atomic mass is 16.6. The summed E-state index contributed by atoms with van der Waals surface area (Å²) in [4.78, 5) is 47.9. The normalized spacial score (nSPS) is 14.6. The monoisotopic (exact) mass is 665 g/mol. The number of aromatic nitrogens is 6. The first-order valence-corrected chi connectivity index (χ1v) is 16.5. The second kappa shape index (κ2) is 12.9. The third-order valence-corrected chi connectivity index (χ3v) is 8.32. The maximum Gasteiger partial charge on any atom is 0.410 e. The zero-order valence-corrected chi connectivity index (χ0v) is 29.3. The topological polar surface area (TPSA) is 144 Å². The Morgan fingerprint density at radius 3 is 2.31 bits per heavy atom. The van der Waals surface area contributed by atoms with Crippen molar-refractivity contribution >= 4 is 23.5 Å². The molecule has 0 bridgehead atoms. The predicted octanol–water partition coefficient (Wildman–Crippen LogP) is 6.00. The Balaban J connectivity index is 1.17. The molecule has 13 nitrogen and oxygen atoms in total. The van der Waals surface area contributed by atoms with E-state index in [9.17, 15) is 9.59 Å². The number of pyridine rings is 1. The average molecular weight is 666 g/mol. The highest BCUT2D eigenvalue weighted by Crippen LogP contribution is 2.29. The molecule has 1 saturated heterocycles. The van der Waals surface area contributed by atoms with Crippen LogP contribution < -0.4 is 10.2 Å². The van der Waals surface area contributed by atoms with Gasteiger partial charge in [0.2, 0.25) is 0 Å². The Hall–Kier alpha value is -5.33. The average Bonchev–Trinajstić information content (AvgIpc) is 3.74. The summed E-state index contributed by atoms with van der Waals surface area (Å²) in [7, 11) is 0. The first kappa shape index (κ1) is 33.6. The zero-order chi connectivity index (χ0) is 35.1. The van der Waals surface area contributed by atoms with Crippen molar-refractivity contribution in [3.05, 3.63) is 77.8 Å². The largest absolute Gasteiger partial charge is 0.444 e. The lowest BCUT2D eigenvalue weighted by atomic mass is 9.96. The second-order valence-electron chi connectivity index (χ2n) is 14.4. The van der Waals surface area contributed by atoms with Crippen LogP contribution >= 0.6 is 0 Å². The summed E-state index contributed by atoms with van der Waals surface area (Å²) >= 11 is 0. The summed E-state index contributed by atoms with van der Waals surface area (Å²) < 4.78 is 12.7. The molecule has 1 fully saturated rings. The van der Waals surface area contributed by atoms with Crippen molar-refractivity contribution in [3.8, 4) is 22.6 Å². The van der Waals surface area contributed by atoms with Crippen LogP contribution in [-0.4, -0.2) is 78.2 Å². The standard InChI is InChI=1S/C36H43N9O4/c1-22-19-24(9-11-26(22)23(2)39-31(46)32-41-33(42-49-32)35(3,4)5)30-40-27(20-29-37-13-14-45(29)30)25-10-12-28(38-21-25)43-15-17-44(18-16-43)34(47)48-36(6,7)8/h9-14,19-21,23H,15-18H2,1-8H3,(H,39,46)/t23-/m1/s1. The molecule has 5 aromatic rings. The molecule has 1 aromatic carbocycles. The number of imidazole rings is 1. The predicted molar refractivity (Wildman–Crippen MR) is 185 cm³/mol. The maximum atomic E-state index is 12.9. The van der Waals surface area contributed by atoms with E-state index in [-0.39, 0.29) is 23.4 Å². The fourth-order valence-corrected chi connectivity index (χ4v) is 5.70. The van der Waals surface area contributed by atoms with Crippen LogP contribution in [0.5, 0.6) is 0 Å². The van der Waals surface area contributed by atoms with Crippen molar-refractivity contribution in [2.75, 3.05) is 31.1 Å². The number of fused-ring (bicyclic) bond motifs is 1. The molecule has 0 spiro atoms. The van der Waals surface area contributed by atoms with Gasteiger partial charge in [0.15, 0.2) is 5.82 Å². The smallest absolute Gasteiger partial charge is 0.410 e. The van der Waals surface area contributed by atoms with E-state index < -0.39 is 11.5 Å². The molecule has 0 aliphatic carbocycles. The van der Waals surface area contributed by atoms with Crippen molar-refractivity contribution < 1.29 is 18.8 Å². The summed E-state index contributed by atoms with van der Waals surface area (Å²) in [5.41, 5.74) is 4.38. The molecular formula is C36H43N9O4. The number of benzene rings is 1. The molecule has 2 amide bonds. The van der Waals surface area contributed by atoms with Crippen LogP contribution in [0.4, 0.5) is 10.6 Å². The lowest BCUT2D eigenvalue weighted by molar-refractivity contribution is 0.0240. The molecule has 1 N–H and O–H groups in total. The number of carbonyl (C=O) groups is 2. The second-order valence-corrected chi connectivity index (χ2v) is 14.4. The molecule has 4 aromatic heterocycles. The number of carbonyl (C=O) groups excluding carboxylic acids is 2. The third kappa shape index (κ3) is 7.40. The van der Waals surface area contributed by atoms with Crippen LogP contribution in [0.1, 0.15) is 82.1 Å². The van der Waals surface area contributed by atoms with Gasteiger partial charge < -0.3 is 24.4 Å². The molecule has 1 aliphatic heterocycles. The summed E-state index contributed by atoms with van der Waals surface area (Å²) in [6, 6.07) is 11.7. The number of hydrogen-bond donors (Lipinski definition) is 1. The number of aryl methyl sites for hydroxylation is 1. The maximum absolute atomic E-state index is 12.9. The van der Waals surface area contributed by atoms with Crippen LogP contribution in [0.15, 0.2) is 59.5 Å². The first-order valence-electron chi connectivity index (χ1n) is 16.5. The van der Waals surface area contributed by atoms with E-state index in [1.165, 1.54) is 0 Å². The summed E-state index contributed by atoms with van der Waals surface area (Å²) in [5, 5.41) is 6.94. The number of amides is 2. The van der Waals surface area contributed by atoms with Crippen LogP contribution in [0.2, 0.25) is 0 Å². The fraction of sp³-hybridized carbons (Fsp3) is 0.417. The number of piperazine rings is 1. The van der Waals surface area contributed by atoms with Crippen LogP contribution in [0.3, 0.4) is 0 Å². The van der Waals surface area contributed by atoms with Crippen LogP contribution in [0, 0.1) is 6.92 Å². The third-order valence-electron chi connectivity index (χ3n) is 8.32. The number of nitrogens with zero attached hydrogens (tertiary/aromatic N) is 8. The van der Waals surface area contributed by atoms with Crippen LogP contribution in [-0.2, 0) is 10.2 Å². The van der Waals surface area contributed by atoms with Crippen molar-refractivity contribution in [1.82, 2.24) is 39.7 Å². The molecule has 13 heteroatoms. The number of ether oxygens (including phenoxy) is 1. The van der Waals surface area contributed by atoms with E-state index in [2.05, 4.69) is 31.4 Å². The molecule has 6 rings (SSSR count). The highest BCUT2D eigenvalue weighted by molar-refractivity contribution is 5.89. The lowest BCUT2D eigenvalue weighted by Gasteiger charge is -2.36. The van der Waals surface area contributed by atoms with Gasteiger partial charge in [-0.1, -0.05) is 38.1 Å². The number of anilines is 1. The highest BCUT2D eigenvalue weighted by Gasteiger charge is 2.27. The molecule has 1 aliphatic rings. The fourth-order valence-electron chi connectivity index (χ4n) is 5.70. The number of hydrogen-bond acceptors (Lipinski definition) is 10. The SMILES string of the molecule is Cc1cc(-c2nc(-c3ccc(N4CCN(C(=O)OC(C)(C)C)CC4)nc3)cc3nccn23)ccc1[C@@H](C)NC(=O)c1nc(C(C)(C)C)no1. The Morgan fingerprint density at radius 2 is 1.67 bits per heavy atom. The van der Waals surface area contributed by atoms with E-state index in [4.69, 9.17) is 19.2 Å². The summed E-state index contributed by atoms with van der Waals surface area (Å²) in [5.74, 6) is 1.58. The molecule has 0 unspecified atom stereocenters. The Kier molecular flexibility index (Phi) is 8.86. The van der Waals surface area contributed by atoms with Gasteiger partial charge in [-0.3, -0.25) is 9.20 Å². The van der Waals surface area contributed by atoms with Gasteiger partial charge in [-0.05, 0) is 63.9 Å². The minimum Gasteiger partial charge on any atom is -0.444 e. The minimum atomic E-state index is -0.520. The Bertz CT molecular complexity index is 1980. The number of rotatable bonds is 6. The van der Waals surface area contributed by atoms with Crippen LogP contribution in [0.25, 0.3) is 28.3 Å². The van der Waals surface area contributed by atoms with Crippen molar-refractivity contribution in [2.45, 2.75) is 72.4 Å². The minimum absolute atomic E-state index is 0.0575. The van der Waals surface area contributed by atoms with E-state index in [0.717, 1.165) is 45.2 Å². The number of nitrogens with one attached hydrogen (secondary N) is 1. The van der Waals surface area contributed by atoms with E-state index in [1.807, 2.05) is 103 Å². The van der Waals surface area contributed by atoms with E-state index in [0.29, 0.717) is 32.0 Å². The molecule has 256 valence electrons. The zero-order valence-electron chi connectivity index (χ0n) is 29.3. The molecule has 0 saturated carbocycles. The summed E-state index contributed by atoms with van der Waals surface area (Å²) in [6.45, 7) is 17.9. The first-order chi connectivity index (χ1) is 23.2. The Morgan fingerprint density at radius 1 is 0.939 bits per heavy atom. The molecule has 5 heterocycles. The van der Waals surface area contributed by atoms with Gasteiger partial charge >= 0.3 is 17.9 Å². The van der Waals surface area contributed by atoms with Gasteiger partial charge in [0.05, 0.1) is 11.7 Å². The summed E-state index contributed by atoms with van der Waals surface area (Å²) in [6.07, 6.45) is 5.19. The Labute approximate surface area is 285 Å². The van der Waals surface area contributed by atoms with Crippen molar-refractivity contribution in [1.29, 1.82) is 0 Å². The molecule has 1 atom stereocenters.